The average Bonchev–Trinajstić information content (AvgIpc) is 2.34. The van der Waals surface area contributed by atoms with E-state index in [4.69, 9.17) is 0 Å². The molecule has 0 saturated heterocycles. The van der Waals surface area contributed by atoms with Crippen molar-refractivity contribution in [2.75, 3.05) is 0 Å². The molecule has 0 N–H and O–H groups in total. The van der Waals surface area contributed by atoms with E-state index < -0.39 is 5.78 Å². The fraction of sp³-hybridized carbons (Fsp3) is 0.250. The normalized spacial score (nSPS) is 9.64. The van der Waals surface area contributed by atoms with Crippen LogP contribution in [-0.2, 0) is 4.79 Å². The third-order valence-corrected chi connectivity index (χ3v) is 2.28. The molecule has 0 atom stereocenters. The number of hydrogen-bond acceptors (Lipinski definition) is 3. The Bertz CT molecular complexity index is 299. The number of carbonyl (C=O) groups excluding carboxylic acids is 2. The smallest absolute Gasteiger partial charge is 0.238 e. The lowest BCUT2D eigenvalue weighted by Gasteiger charge is -1.87. The molecule has 0 fully saturated rings. The fourth-order valence-electron chi connectivity index (χ4n) is 0.730. The monoisotopic (exact) mass is 168 g/mol. The molecular weight excluding hydrogens is 160 g/mol. The van der Waals surface area contributed by atoms with E-state index in [1.165, 1.54) is 18.3 Å². The van der Waals surface area contributed by atoms with Crippen molar-refractivity contribution in [2.24, 2.45) is 0 Å². The number of ketones is 2. The van der Waals surface area contributed by atoms with Gasteiger partial charge in [0.15, 0.2) is 0 Å². The van der Waals surface area contributed by atoms with Crippen LogP contribution in [0.4, 0.5) is 0 Å². The molecule has 1 rings (SSSR count). The van der Waals surface area contributed by atoms with E-state index in [-0.39, 0.29) is 5.78 Å². The highest BCUT2D eigenvalue weighted by Gasteiger charge is 2.11. The maximum atomic E-state index is 11.0. The van der Waals surface area contributed by atoms with Gasteiger partial charge in [-0.05, 0) is 19.1 Å². The Morgan fingerprint density at radius 1 is 1.36 bits per heavy atom. The van der Waals surface area contributed by atoms with Gasteiger partial charge in [0, 0.05) is 11.8 Å². The molecule has 1 aromatic heterocycles. The zero-order valence-corrected chi connectivity index (χ0v) is 7.20. The van der Waals surface area contributed by atoms with Crippen LogP contribution in [0.1, 0.15) is 21.5 Å². The van der Waals surface area contributed by atoms with Crippen LogP contribution in [0.2, 0.25) is 0 Å². The van der Waals surface area contributed by atoms with Crippen LogP contribution in [0.3, 0.4) is 0 Å². The molecule has 0 saturated carbocycles. The molecule has 0 bridgehead atoms. The summed E-state index contributed by atoms with van der Waals surface area (Å²) < 4.78 is 0. The highest BCUT2D eigenvalue weighted by molar-refractivity contribution is 7.14. The first-order valence-electron chi connectivity index (χ1n) is 3.23. The Balaban J connectivity index is 2.94. The highest BCUT2D eigenvalue weighted by Crippen LogP contribution is 2.15. The number of thiophene rings is 1. The van der Waals surface area contributed by atoms with Gasteiger partial charge >= 0.3 is 0 Å². The van der Waals surface area contributed by atoms with Gasteiger partial charge in [0.05, 0.1) is 4.88 Å². The topological polar surface area (TPSA) is 34.1 Å². The number of hydrogen-bond donors (Lipinski definition) is 0. The summed E-state index contributed by atoms with van der Waals surface area (Å²) in [6, 6.07) is 3.52. The van der Waals surface area contributed by atoms with Crippen molar-refractivity contribution in [3.05, 3.63) is 21.9 Å². The van der Waals surface area contributed by atoms with Crippen molar-refractivity contribution in [3.63, 3.8) is 0 Å². The summed E-state index contributed by atoms with van der Waals surface area (Å²) in [6.07, 6.45) is 0. The van der Waals surface area contributed by atoms with E-state index in [9.17, 15) is 9.59 Å². The van der Waals surface area contributed by atoms with E-state index >= 15 is 0 Å². The molecule has 3 heteroatoms. The first-order chi connectivity index (χ1) is 5.11. The molecule has 0 aromatic carbocycles. The second-order valence-corrected chi connectivity index (χ2v) is 3.58. The highest BCUT2D eigenvalue weighted by atomic mass is 32.1. The minimum atomic E-state index is -0.396. The van der Waals surface area contributed by atoms with E-state index in [1.54, 1.807) is 6.07 Å². The van der Waals surface area contributed by atoms with Crippen molar-refractivity contribution in [2.45, 2.75) is 13.8 Å². The van der Waals surface area contributed by atoms with Gasteiger partial charge in [0.2, 0.25) is 11.6 Å². The Kier molecular flexibility index (Phi) is 2.19. The second kappa shape index (κ2) is 2.96. The van der Waals surface area contributed by atoms with E-state index in [0.717, 1.165) is 4.88 Å². The Morgan fingerprint density at radius 3 is 2.36 bits per heavy atom. The Labute approximate surface area is 68.9 Å². The molecule has 11 heavy (non-hydrogen) atoms. The van der Waals surface area contributed by atoms with Crippen molar-refractivity contribution >= 4 is 22.9 Å². The molecule has 0 aliphatic heterocycles. The van der Waals surface area contributed by atoms with Crippen molar-refractivity contribution in [1.29, 1.82) is 0 Å². The van der Waals surface area contributed by atoms with Crippen LogP contribution in [0.15, 0.2) is 12.1 Å². The van der Waals surface area contributed by atoms with Gasteiger partial charge in [0.1, 0.15) is 0 Å². The average molecular weight is 168 g/mol. The molecule has 0 aliphatic carbocycles. The van der Waals surface area contributed by atoms with Crippen LogP contribution in [0.25, 0.3) is 0 Å². The summed E-state index contributed by atoms with van der Waals surface area (Å²) in [5.41, 5.74) is 0. The maximum Gasteiger partial charge on any atom is 0.238 e. The molecule has 0 amide bonds. The predicted octanol–water partition coefficient (Wildman–Crippen LogP) is 1.83. The number of carbonyl (C=O) groups is 2. The Hall–Kier alpha value is -0.960. The minimum absolute atomic E-state index is 0.386. The molecule has 0 unspecified atom stereocenters. The largest absolute Gasteiger partial charge is 0.291 e. The molecule has 58 valence electrons. The number of aryl methyl sites for hydroxylation is 1. The van der Waals surface area contributed by atoms with Crippen molar-refractivity contribution in [3.8, 4) is 0 Å². The van der Waals surface area contributed by atoms with Gasteiger partial charge in [-0.25, -0.2) is 0 Å². The van der Waals surface area contributed by atoms with Crippen LogP contribution in [0.5, 0.6) is 0 Å². The van der Waals surface area contributed by atoms with Gasteiger partial charge in [-0.1, -0.05) is 0 Å². The lowest BCUT2D eigenvalue weighted by atomic mass is 10.2. The van der Waals surface area contributed by atoms with Crippen LogP contribution in [0, 0.1) is 6.92 Å². The molecule has 1 heterocycles. The maximum absolute atomic E-state index is 11.0. The van der Waals surface area contributed by atoms with Gasteiger partial charge in [-0.2, -0.15) is 0 Å². The predicted molar refractivity (Wildman–Crippen MR) is 44.1 cm³/mol. The molecule has 0 radical (unpaired) electrons. The number of Topliss-reactive ketones (excluding diaryl/α,β-unsaturated/α-hetero) is 2. The van der Waals surface area contributed by atoms with E-state index in [2.05, 4.69) is 0 Å². The van der Waals surface area contributed by atoms with Gasteiger partial charge < -0.3 is 0 Å². The molecule has 2 nitrogen and oxygen atoms in total. The minimum Gasteiger partial charge on any atom is -0.291 e. The summed E-state index contributed by atoms with van der Waals surface area (Å²) in [7, 11) is 0. The van der Waals surface area contributed by atoms with E-state index in [0.29, 0.717) is 4.88 Å². The first-order valence-corrected chi connectivity index (χ1v) is 4.04. The van der Waals surface area contributed by atoms with Gasteiger partial charge in [0.25, 0.3) is 0 Å². The fourth-order valence-corrected chi connectivity index (χ4v) is 1.59. The zero-order valence-electron chi connectivity index (χ0n) is 6.38. The summed E-state index contributed by atoms with van der Waals surface area (Å²) >= 11 is 1.35. The quantitative estimate of drug-likeness (QED) is 0.498. The van der Waals surface area contributed by atoms with Crippen molar-refractivity contribution in [1.82, 2.24) is 0 Å². The van der Waals surface area contributed by atoms with Gasteiger partial charge in [-0.15, -0.1) is 11.3 Å². The third-order valence-electron chi connectivity index (χ3n) is 1.28. The summed E-state index contributed by atoms with van der Waals surface area (Å²) in [5, 5.41) is 0. The van der Waals surface area contributed by atoms with Crippen molar-refractivity contribution < 1.29 is 9.59 Å². The zero-order chi connectivity index (χ0) is 8.43. The first kappa shape index (κ1) is 8.14. The SMILES string of the molecule is CC(=O)C(=O)c1ccc(C)s1. The second-order valence-electron chi connectivity index (χ2n) is 2.30. The van der Waals surface area contributed by atoms with Crippen LogP contribution >= 0.6 is 11.3 Å². The molecule has 0 aliphatic rings. The lowest BCUT2D eigenvalue weighted by molar-refractivity contribution is -0.113. The van der Waals surface area contributed by atoms with Gasteiger partial charge in [-0.3, -0.25) is 9.59 Å². The summed E-state index contributed by atoms with van der Waals surface area (Å²) in [5.74, 6) is -0.782. The summed E-state index contributed by atoms with van der Waals surface area (Å²) in [6.45, 7) is 3.19. The standard InChI is InChI=1S/C8H8O2S/c1-5-3-4-7(11-5)8(10)6(2)9/h3-4H,1-2H3. The number of rotatable bonds is 2. The van der Waals surface area contributed by atoms with Crippen LogP contribution in [-0.4, -0.2) is 11.6 Å². The Morgan fingerprint density at radius 2 is 2.00 bits per heavy atom. The summed E-state index contributed by atoms with van der Waals surface area (Å²) in [4.78, 5) is 23.2. The van der Waals surface area contributed by atoms with E-state index in [1.807, 2.05) is 13.0 Å². The van der Waals surface area contributed by atoms with Crippen LogP contribution < -0.4 is 0 Å². The molecule has 1 aromatic rings. The molecular formula is C8H8O2S. The molecule has 0 spiro atoms. The lowest BCUT2D eigenvalue weighted by Crippen LogP contribution is -2.06. The third kappa shape index (κ3) is 1.74.